The lowest BCUT2D eigenvalue weighted by Crippen LogP contribution is -2.36. The summed E-state index contributed by atoms with van der Waals surface area (Å²) in [5.41, 5.74) is 9.23. The van der Waals surface area contributed by atoms with E-state index in [9.17, 15) is 4.79 Å². The Hall–Kier alpha value is -1.07. The summed E-state index contributed by atoms with van der Waals surface area (Å²) in [6.45, 7) is 8.83. The first-order chi connectivity index (χ1) is 9.69. The number of carbonyl (C=O) groups is 1. The first-order valence-electron chi connectivity index (χ1n) is 7.20. The van der Waals surface area contributed by atoms with Crippen molar-refractivity contribution in [3.63, 3.8) is 0 Å². The molecule has 2 N–H and O–H groups in total. The second kappa shape index (κ2) is 5.97. The number of amides is 1. The number of hydrogen-bond donors (Lipinski definition) is 1. The number of hydrogen-bond acceptors (Lipinski definition) is 3. The number of benzene rings is 1. The van der Waals surface area contributed by atoms with E-state index in [0.717, 1.165) is 22.0 Å². The van der Waals surface area contributed by atoms with E-state index < -0.39 is 5.60 Å². The van der Waals surface area contributed by atoms with E-state index >= 15 is 0 Å². The van der Waals surface area contributed by atoms with Crippen LogP contribution in [0.4, 0.5) is 4.79 Å². The Bertz CT molecular complexity index is 552. The Labute approximate surface area is 134 Å². The van der Waals surface area contributed by atoms with Crippen molar-refractivity contribution in [3.05, 3.63) is 33.3 Å². The van der Waals surface area contributed by atoms with Crippen LogP contribution in [0, 0.1) is 6.92 Å². The van der Waals surface area contributed by atoms with E-state index in [0.29, 0.717) is 13.1 Å². The van der Waals surface area contributed by atoms with Crippen LogP contribution >= 0.6 is 15.9 Å². The van der Waals surface area contributed by atoms with Gasteiger partial charge in [-0.2, -0.15) is 0 Å². The molecule has 0 radical (unpaired) electrons. The van der Waals surface area contributed by atoms with Gasteiger partial charge in [-0.1, -0.05) is 22.0 Å². The van der Waals surface area contributed by atoms with Crippen LogP contribution in [0.5, 0.6) is 0 Å². The zero-order chi connectivity index (χ0) is 15.8. The molecule has 1 aromatic rings. The Morgan fingerprint density at radius 3 is 2.71 bits per heavy atom. The fraction of sp³-hybridized carbons (Fsp3) is 0.562. The first-order valence-corrected chi connectivity index (χ1v) is 7.99. The van der Waals surface area contributed by atoms with Gasteiger partial charge in [0.15, 0.2) is 0 Å². The highest BCUT2D eigenvalue weighted by atomic mass is 79.9. The van der Waals surface area contributed by atoms with Crippen molar-refractivity contribution in [2.75, 3.05) is 6.54 Å². The molecule has 2 rings (SSSR count). The third-order valence-corrected chi connectivity index (χ3v) is 4.34. The predicted molar refractivity (Wildman–Crippen MR) is 87.1 cm³/mol. The highest BCUT2D eigenvalue weighted by Gasteiger charge is 2.28. The van der Waals surface area contributed by atoms with Crippen LogP contribution < -0.4 is 5.73 Å². The molecule has 0 spiro atoms. The highest BCUT2D eigenvalue weighted by molar-refractivity contribution is 9.10. The molecule has 0 saturated heterocycles. The summed E-state index contributed by atoms with van der Waals surface area (Å²) >= 11 is 3.58. The van der Waals surface area contributed by atoms with Crippen molar-refractivity contribution in [2.24, 2.45) is 5.73 Å². The van der Waals surface area contributed by atoms with Crippen molar-refractivity contribution < 1.29 is 9.53 Å². The maximum atomic E-state index is 12.3. The van der Waals surface area contributed by atoms with E-state index in [2.05, 4.69) is 28.9 Å². The van der Waals surface area contributed by atoms with Crippen molar-refractivity contribution in [1.29, 1.82) is 0 Å². The van der Waals surface area contributed by atoms with Gasteiger partial charge in [0.1, 0.15) is 5.60 Å². The van der Waals surface area contributed by atoms with Gasteiger partial charge in [0.05, 0.1) is 6.54 Å². The Morgan fingerprint density at radius 1 is 1.43 bits per heavy atom. The molecule has 0 aromatic heterocycles. The summed E-state index contributed by atoms with van der Waals surface area (Å²) < 4.78 is 6.48. The summed E-state index contributed by atoms with van der Waals surface area (Å²) in [5, 5.41) is 0. The maximum Gasteiger partial charge on any atom is 0.410 e. The van der Waals surface area contributed by atoms with Gasteiger partial charge in [-0.05, 0) is 56.9 Å². The van der Waals surface area contributed by atoms with E-state index in [4.69, 9.17) is 10.5 Å². The van der Waals surface area contributed by atoms with Gasteiger partial charge in [0.2, 0.25) is 0 Å². The van der Waals surface area contributed by atoms with Crippen molar-refractivity contribution in [2.45, 2.75) is 52.3 Å². The molecule has 1 aliphatic rings. The monoisotopic (exact) mass is 354 g/mol. The molecule has 4 nitrogen and oxygen atoms in total. The molecule has 116 valence electrons. The van der Waals surface area contributed by atoms with Crippen LogP contribution in [-0.2, 0) is 11.3 Å². The molecule has 1 heterocycles. The minimum absolute atomic E-state index is 0.0510. The fourth-order valence-electron chi connectivity index (χ4n) is 2.62. The molecule has 5 heteroatoms. The summed E-state index contributed by atoms with van der Waals surface area (Å²) in [6, 6.07) is 4.02. The molecule has 0 saturated carbocycles. The van der Waals surface area contributed by atoms with Crippen LogP contribution in [-0.4, -0.2) is 23.1 Å². The average Bonchev–Trinajstić information content (AvgIpc) is 2.52. The number of carbonyl (C=O) groups excluding carboxylic acids is 1. The first kappa shape index (κ1) is 16.3. The molecular weight excluding hydrogens is 332 g/mol. The lowest BCUT2D eigenvalue weighted by atomic mass is 9.95. The third kappa shape index (κ3) is 3.77. The Morgan fingerprint density at radius 2 is 2.10 bits per heavy atom. The van der Waals surface area contributed by atoms with E-state index in [-0.39, 0.29) is 12.1 Å². The number of aryl methyl sites for hydroxylation is 1. The molecule has 0 bridgehead atoms. The summed E-state index contributed by atoms with van der Waals surface area (Å²) in [4.78, 5) is 14.1. The number of ether oxygens (including phenoxy) is 1. The standard InChI is InChI=1S/C16H23BrN2O2/c1-10-5-6-12(17)11-9-19(8-7-13(18)14(10)11)15(20)21-16(2,3)4/h5-6,13H,7-9,18H2,1-4H3/t13-/m0/s1. The number of halogens is 1. The number of rotatable bonds is 0. The molecule has 1 atom stereocenters. The molecule has 1 amide bonds. The number of fused-ring (bicyclic) bond motifs is 1. The van der Waals surface area contributed by atoms with E-state index in [1.807, 2.05) is 26.8 Å². The molecule has 1 aliphatic heterocycles. The summed E-state index contributed by atoms with van der Waals surface area (Å²) in [6.07, 6.45) is 0.458. The topological polar surface area (TPSA) is 55.6 Å². The number of nitrogens with zero attached hydrogens (tertiary/aromatic N) is 1. The zero-order valence-electron chi connectivity index (χ0n) is 13.1. The minimum atomic E-state index is -0.488. The fourth-order valence-corrected chi connectivity index (χ4v) is 3.09. The van der Waals surface area contributed by atoms with Gasteiger partial charge in [-0.25, -0.2) is 4.79 Å². The quantitative estimate of drug-likeness (QED) is 0.768. The molecule has 1 aromatic carbocycles. The van der Waals surface area contributed by atoms with Crippen LogP contribution in [0.25, 0.3) is 0 Å². The van der Waals surface area contributed by atoms with Gasteiger partial charge in [-0.15, -0.1) is 0 Å². The molecular formula is C16H23BrN2O2. The van der Waals surface area contributed by atoms with Gasteiger partial charge >= 0.3 is 6.09 Å². The smallest absolute Gasteiger partial charge is 0.410 e. The van der Waals surface area contributed by atoms with Crippen LogP contribution in [0.3, 0.4) is 0 Å². The van der Waals surface area contributed by atoms with Crippen LogP contribution in [0.1, 0.15) is 49.9 Å². The van der Waals surface area contributed by atoms with E-state index in [1.165, 1.54) is 5.56 Å². The normalized spacial score (nSPS) is 19.0. The molecule has 0 unspecified atom stereocenters. The Balaban J connectivity index is 2.31. The van der Waals surface area contributed by atoms with E-state index in [1.54, 1.807) is 4.90 Å². The zero-order valence-corrected chi connectivity index (χ0v) is 14.7. The SMILES string of the molecule is Cc1ccc(Br)c2c1[C@@H](N)CCN(C(=O)OC(C)(C)C)C2. The molecule has 21 heavy (non-hydrogen) atoms. The average molecular weight is 355 g/mol. The van der Waals surface area contributed by atoms with Gasteiger partial charge in [0, 0.05) is 17.1 Å². The summed E-state index contributed by atoms with van der Waals surface area (Å²) in [7, 11) is 0. The largest absolute Gasteiger partial charge is 0.444 e. The maximum absolute atomic E-state index is 12.3. The van der Waals surface area contributed by atoms with Crippen molar-refractivity contribution in [3.8, 4) is 0 Å². The van der Waals surface area contributed by atoms with Gasteiger partial charge in [0.25, 0.3) is 0 Å². The lowest BCUT2D eigenvalue weighted by molar-refractivity contribution is 0.0234. The second-order valence-electron chi connectivity index (χ2n) is 6.55. The summed E-state index contributed by atoms with van der Waals surface area (Å²) in [5.74, 6) is 0. The van der Waals surface area contributed by atoms with Gasteiger partial charge < -0.3 is 15.4 Å². The third-order valence-electron chi connectivity index (χ3n) is 3.60. The second-order valence-corrected chi connectivity index (χ2v) is 7.41. The van der Waals surface area contributed by atoms with Crippen LogP contribution in [0.15, 0.2) is 16.6 Å². The highest BCUT2D eigenvalue weighted by Crippen LogP contribution is 2.33. The molecule has 0 aliphatic carbocycles. The number of nitrogens with two attached hydrogens (primary N) is 1. The Kier molecular flexibility index (Phi) is 4.63. The minimum Gasteiger partial charge on any atom is -0.444 e. The lowest BCUT2D eigenvalue weighted by Gasteiger charge is -2.26. The molecule has 0 fully saturated rings. The van der Waals surface area contributed by atoms with Crippen molar-refractivity contribution in [1.82, 2.24) is 4.90 Å². The predicted octanol–water partition coefficient (Wildman–Crippen LogP) is 3.90. The van der Waals surface area contributed by atoms with Crippen LogP contribution in [0.2, 0.25) is 0 Å². The van der Waals surface area contributed by atoms with Crippen molar-refractivity contribution >= 4 is 22.0 Å². The van der Waals surface area contributed by atoms with Gasteiger partial charge in [-0.3, -0.25) is 0 Å².